The first-order chi connectivity index (χ1) is 8.45. The monoisotopic (exact) mass is 257 g/mol. The number of carbonyl (C=O) groups excluding carboxylic acids is 1. The summed E-state index contributed by atoms with van der Waals surface area (Å²) in [7, 11) is 3.80. The minimum atomic E-state index is -0.984. The van der Waals surface area contributed by atoms with E-state index in [1.807, 2.05) is 0 Å². The predicted molar refractivity (Wildman–Crippen MR) is 68.5 cm³/mol. The molecule has 0 spiro atoms. The van der Waals surface area contributed by atoms with Gasteiger partial charge in [-0.25, -0.2) is 9.59 Å². The van der Waals surface area contributed by atoms with Crippen LogP contribution in [0.1, 0.15) is 26.2 Å². The molecular weight excluding hydrogens is 234 g/mol. The molecule has 0 unspecified atom stereocenters. The number of nitrogens with one attached hydrogen (secondary N) is 1. The van der Waals surface area contributed by atoms with Gasteiger partial charge in [-0.3, -0.25) is 0 Å². The number of amides is 2. The molecule has 0 aromatic rings. The largest absolute Gasteiger partial charge is 0.480 e. The van der Waals surface area contributed by atoms with Crippen molar-refractivity contribution in [3.8, 4) is 0 Å². The summed E-state index contributed by atoms with van der Waals surface area (Å²) in [5.74, 6) is -0.984. The topological polar surface area (TPSA) is 72.9 Å². The molecule has 0 saturated carbocycles. The Labute approximate surface area is 108 Å². The second-order valence-corrected chi connectivity index (χ2v) is 4.89. The maximum atomic E-state index is 11.9. The molecule has 2 amide bonds. The average Bonchev–Trinajstić information content (AvgIpc) is 2.35. The zero-order valence-corrected chi connectivity index (χ0v) is 11.3. The fourth-order valence-electron chi connectivity index (χ4n) is 2.14. The van der Waals surface area contributed by atoms with Crippen LogP contribution in [0.15, 0.2) is 0 Å². The highest BCUT2D eigenvalue weighted by Crippen LogP contribution is 2.14. The van der Waals surface area contributed by atoms with Crippen molar-refractivity contribution < 1.29 is 14.7 Å². The lowest BCUT2D eigenvalue weighted by Gasteiger charge is -2.35. The van der Waals surface area contributed by atoms with E-state index in [4.69, 9.17) is 5.11 Å². The van der Waals surface area contributed by atoms with Crippen LogP contribution < -0.4 is 5.32 Å². The molecule has 0 radical (unpaired) electrons. The number of carboxylic acid groups (broad SMARTS) is 1. The van der Waals surface area contributed by atoms with Crippen LogP contribution in [0.5, 0.6) is 0 Å². The molecular formula is C12H23N3O3. The molecule has 0 aromatic carbocycles. The fourth-order valence-corrected chi connectivity index (χ4v) is 2.14. The Morgan fingerprint density at radius 1 is 1.44 bits per heavy atom. The minimum Gasteiger partial charge on any atom is -0.480 e. The number of aliphatic carboxylic acids is 1. The summed E-state index contributed by atoms with van der Waals surface area (Å²) < 4.78 is 0. The van der Waals surface area contributed by atoms with Crippen LogP contribution >= 0.6 is 0 Å². The van der Waals surface area contributed by atoms with Crippen LogP contribution in [0.25, 0.3) is 0 Å². The van der Waals surface area contributed by atoms with E-state index in [2.05, 4.69) is 17.3 Å². The number of hydrogen-bond donors (Lipinski definition) is 2. The highest BCUT2D eigenvalue weighted by atomic mass is 16.4. The summed E-state index contributed by atoms with van der Waals surface area (Å²) in [4.78, 5) is 26.7. The Hall–Kier alpha value is -1.30. The van der Waals surface area contributed by atoms with Crippen molar-refractivity contribution in [1.82, 2.24) is 15.1 Å². The standard InChI is InChI=1S/C12H23N3O3/c1-4-10(11(16)17)13-12(18)15(3)9-5-7-14(2)8-6-9/h9-10H,4-8H2,1-3H3,(H,13,18)(H,16,17)/t10-/m0/s1. The maximum Gasteiger partial charge on any atom is 0.326 e. The molecule has 0 aromatic heterocycles. The van der Waals surface area contributed by atoms with E-state index in [1.165, 1.54) is 0 Å². The van der Waals surface area contributed by atoms with E-state index in [-0.39, 0.29) is 12.1 Å². The van der Waals surface area contributed by atoms with Crippen molar-refractivity contribution >= 4 is 12.0 Å². The Bertz CT molecular complexity index is 301. The van der Waals surface area contributed by atoms with Crippen LogP contribution in [-0.2, 0) is 4.79 Å². The number of carbonyl (C=O) groups is 2. The summed E-state index contributed by atoms with van der Waals surface area (Å²) >= 11 is 0. The number of hydrogen-bond acceptors (Lipinski definition) is 3. The van der Waals surface area contributed by atoms with Crippen LogP contribution in [-0.4, -0.2) is 66.2 Å². The van der Waals surface area contributed by atoms with Gasteiger partial charge in [0.25, 0.3) is 0 Å². The number of nitrogens with zero attached hydrogens (tertiary/aromatic N) is 2. The van der Waals surface area contributed by atoms with Gasteiger partial charge in [0.15, 0.2) is 0 Å². The summed E-state index contributed by atoms with van der Waals surface area (Å²) in [6.07, 6.45) is 2.26. The molecule has 1 aliphatic rings. The summed E-state index contributed by atoms with van der Waals surface area (Å²) in [6.45, 7) is 3.69. The van der Waals surface area contributed by atoms with Gasteiger partial charge in [0.1, 0.15) is 6.04 Å². The number of likely N-dealkylation sites (tertiary alicyclic amines) is 1. The molecule has 2 N–H and O–H groups in total. The van der Waals surface area contributed by atoms with E-state index in [1.54, 1.807) is 18.9 Å². The molecule has 0 aliphatic carbocycles. The zero-order valence-electron chi connectivity index (χ0n) is 11.3. The molecule has 1 atom stereocenters. The number of rotatable bonds is 4. The third-order valence-electron chi connectivity index (χ3n) is 3.56. The number of carboxylic acids is 1. The lowest BCUT2D eigenvalue weighted by Crippen LogP contribution is -2.51. The van der Waals surface area contributed by atoms with Crippen molar-refractivity contribution in [2.75, 3.05) is 27.2 Å². The summed E-state index contributed by atoms with van der Waals surface area (Å²) in [6, 6.07) is -0.891. The first kappa shape index (κ1) is 14.8. The smallest absolute Gasteiger partial charge is 0.326 e. The first-order valence-electron chi connectivity index (χ1n) is 6.40. The van der Waals surface area contributed by atoms with E-state index in [0.29, 0.717) is 6.42 Å². The minimum absolute atomic E-state index is 0.201. The highest BCUT2D eigenvalue weighted by molar-refractivity contribution is 5.82. The first-order valence-corrected chi connectivity index (χ1v) is 6.40. The average molecular weight is 257 g/mol. The van der Waals surface area contributed by atoms with Gasteiger partial charge in [-0.05, 0) is 39.4 Å². The molecule has 1 fully saturated rings. The van der Waals surface area contributed by atoms with Crippen molar-refractivity contribution in [2.45, 2.75) is 38.3 Å². The number of urea groups is 1. The second kappa shape index (κ2) is 6.58. The fraction of sp³-hybridized carbons (Fsp3) is 0.833. The van der Waals surface area contributed by atoms with Crippen molar-refractivity contribution in [3.05, 3.63) is 0 Å². The molecule has 1 heterocycles. The quantitative estimate of drug-likeness (QED) is 0.773. The van der Waals surface area contributed by atoms with Crippen molar-refractivity contribution in [1.29, 1.82) is 0 Å². The third-order valence-corrected chi connectivity index (χ3v) is 3.56. The molecule has 0 bridgehead atoms. The van der Waals surface area contributed by atoms with Gasteiger partial charge < -0.3 is 20.2 Å². The zero-order chi connectivity index (χ0) is 13.7. The molecule has 18 heavy (non-hydrogen) atoms. The Kier molecular flexibility index (Phi) is 5.40. The lowest BCUT2D eigenvalue weighted by atomic mass is 10.0. The van der Waals surface area contributed by atoms with Gasteiger partial charge in [-0.15, -0.1) is 0 Å². The van der Waals surface area contributed by atoms with E-state index in [9.17, 15) is 9.59 Å². The van der Waals surface area contributed by atoms with Gasteiger partial charge in [0.05, 0.1) is 0 Å². The Morgan fingerprint density at radius 2 is 2.00 bits per heavy atom. The molecule has 1 rings (SSSR count). The van der Waals surface area contributed by atoms with Crippen LogP contribution in [0.3, 0.4) is 0 Å². The van der Waals surface area contributed by atoms with Gasteiger partial charge in [-0.1, -0.05) is 6.92 Å². The van der Waals surface area contributed by atoms with Crippen molar-refractivity contribution in [3.63, 3.8) is 0 Å². The normalized spacial score (nSPS) is 19.3. The lowest BCUT2D eigenvalue weighted by molar-refractivity contribution is -0.139. The van der Waals surface area contributed by atoms with Gasteiger partial charge in [-0.2, -0.15) is 0 Å². The molecule has 6 heteroatoms. The highest BCUT2D eigenvalue weighted by Gasteiger charge is 2.26. The van der Waals surface area contributed by atoms with E-state index < -0.39 is 12.0 Å². The van der Waals surface area contributed by atoms with Crippen LogP contribution in [0, 0.1) is 0 Å². The SMILES string of the molecule is CC[C@H](NC(=O)N(C)C1CCN(C)CC1)C(=O)O. The third kappa shape index (κ3) is 3.87. The van der Waals surface area contributed by atoms with Crippen LogP contribution in [0.2, 0.25) is 0 Å². The van der Waals surface area contributed by atoms with Gasteiger partial charge in [0.2, 0.25) is 0 Å². The Balaban J connectivity index is 2.48. The molecule has 104 valence electrons. The van der Waals surface area contributed by atoms with Gasteiger partial charge >= 0.3 is 12.0 Å². The van der Waals surface area contributed by atoms with Gasteiger partial charge in [0, 0.05) is 13.1 Å². The van der Waals surface area contributed by atoms with Crippen LogP contribution in [0.4, 0.5) is 4.79 Å². The second-order valence-electron chi connectivity index (χ2n) is 4.89. The van der Waals surface area contributed by atoms with Crippen molar-refractivity contribution in [2.24, 2.45) is 0 Å². The number of piperidine rings is 1. The van der Waals surface area contributed by atoms with E-state index in [0.717, 1.165) is 25.9 Å². The predicted octanol–water partition coefficient (Wildman–Crippen LogP) is 0.585. The van der Waals surface area contributed by atoms with E-state index >= 15 is 0 Å². The molecule has 1 aliphatic heterocycles. The molecule has 6 nitrogen and oxygen atoms in total. The maximum absolute atomic E-state index is 11.9. The summed E-state index contributed by atoms with van der Waals surface area (Å²) in [5, 5.41) is 11.5. The Morgan fingerprint density at radius 3 is 2.44 bits per heavy atom. The summed E-state index contributed by atoms with van der Waals surface area (Å²) in [5.41, 5.74) is 0. The molecule has 1 saturated heterocycles.